The van der Waals surface area contributed by atoms with E-state index in [0.29, 0.717) is 6.04 Å². The van der Waals surface area contributed by atoms with Gasteiger partial charge in [-0.15, -0.1) is 0 Å². The van der Waals surface area contributed by atoms with E-state index in [1.54, 1.807) is 0 Å². The lowest BCUT2D eigenvalue weighted by Crippen LogP contribution is -2.41. The zero-order valence-corrected chi connectivity index (χ0v) is 12.4. The van der Waals surface area contributed by atoms with Crippen LogP contribution in [0.3, 0.4) is 0 Å². The molecule has 2 heteroatoms. The summed E-state index contributed by atoms with van der Waals surface area (Å²) in [5.41, 5.74) is 9.13. The van der Waals surface area contributed by atoms with Gasteiger partial charge in [-0.3, -0.25) is 4.90 Å². The quantitative estimate of drug-likeness (QED) is 0.897. The molecule has 19 heavy (non-hydrogen) atoms. The minimum atomic E-state index is 0.129. The van der Waals surface area contributed by atoms with Crippen LogP contribution in [0.2, 0.25) is 0 Å². The zero-order chi connectivity index (χ0) is 13.7. The number of hydrogen-bond donors (Lipinski definition) is 1. The van der Waals surface area contributed by atoms with Gasteiger partial charge in [0.2, 0.25) is 0 Å². The lowest BCUT2D eigenvalue weighted by Gasteiger charge is -2.32. The van der Waals surface area contributed by atoms with Crippen LogP contribution in [0.4, 0.5) is 0 Å². The Morgan fingerprint density at radius 2 is 1.63 bits per heavy atom. The van der Waals surface area contributed by atoms with E-state index in [9.17, 15) is 0 Å². The second-order valence-electron chi connectivity index (χ2n) is 5.81. The fraction of sp³-hybridized carbons (Fsp3) is 0.647. The lowest BCUT2D eigenvalue weighted by molar-refractivity contribution is 0.191. The van der Waals surface area contributed by atoms with Gasteiger partial charge in [0.05, 0.1) is 0 Å². The summed E-state index contributed by atoms with van der Waals surface area (Å²) in [7, 11) is 0. The molecular weight excluding hydrogens is 232 g/mol. The van der Waals surface area contributed by atoms with Crippen molar-refractivity contribution < 1.29 is 0 Å². The Bertz CT molecular complexity index is 363. The molecule has 1 aromatic rings. The summed E-state index contributed by atoms with van der Waals surface area (Å²) in [5.74, 6) is 0. The molecule has 1 saturated heterocycles. The smallest absolute Gasteiger partial charge is 0.0450 e. The molecule has 0 amide bonds. The van der Waals surface area contributed by atoms with Crippen molar-refractivity contribution in [3.63, 3.8) is 0 Å². The topological polar surface area (TPSA) is 29.3 Å². The highest BCUT2D eigenvalue weighted by atomic mass is 15.2. The molecule has 2 atom stereocenters. The summed E-state index contributed by atoms with van der Waals surface area (Å²) in [6.45, 7) is 6.89. The van der Waals surface area contributed by atoms with E-state index in [1.165, 1.54) is 49.9 Å². The maximum atomic E-state index is 6.47. The van der Waals surface area contributed by atoms with Crippen LogP contribution in [0.25, 0.3) is 0 Å². The monoisotopic (exact) mass is 260 g/mol. The van der Waals surface area contributed by atoms with E-state index in [-0.39, 0.29) is 6.04 Å². The first kappa shape index (κ1) is 14.5. The van der Waals surface area contributed by atoms with Gasteiger partial charge in [0.25, 0.3) is 0 Å². The molecule has 2 N–H and O–H groups in total. The third-order valence-electron chi connectivity index (χ3n) is 4.51. The van der Waals surface area contributed by atoms with Crippen molar-refractivity contribution in [1.82, 2.24) is 4.90 Å². The minimum absolute atomic E-state index is 0.129. The molecule has 2 rings (SSSR count). The third kappa shape index (κ3) is 3.80. The number of aryl methyl sites for hydroxylation is 1. The zero-order valence-electron chi connectivity index (χ0n) is 12.4. The Balaban J connectivity index is 2.01. The van der Waals surface area contributed by atoms with Crippen LogP contribution in [-0.4, -0.2) is 24.0 Å². The average molecular weight is 260 g/mol. The van der Waals surface area contributed by atoms with Crippen LogP contribution in [0.15, 0.2) is 24.3 Å². The van der Waals surface area contributed by atoms with Crippen molar-refractivity contribution in [2.24, 2.45) is 5.73 Å². The Hall–Kier alpha value is -0.860. The molecule has 0 radical (unpaired) electrons. The molecule has 0 aromatic heterocycles. The number of nitrogens with zero attached hydrogens (tertiary/aromatic N) is 1. The summed E-state index contributed by atoms with van der Waals surface area (Å²) in [6.07, 6.45) is 6.50. The first-order chi connectivity index (χ1) is 9.22. The van der Waals surface area contributed by atoms with Gasteiger partial charge in [-0.2, -0.15) is 0 Å². The van der Waals surface area contributed by atoms with Crippen molar-refractivity contribution in [3.05, 3.63) is 35.4 Å². The van der Waals surface area contributed by atoms with E-state index >= 15 is 0 Å². The van der Waals surface area contributed by atoms with Gasteiger partial charge in [0.1, 0.15) is 0 Å². The number of likely N-dealkylation sites (tertiary alicyclic amines) is 1. The standard InChI is InChI=1S/C17H28N2/c1-3-15-8-10-16(11-9-15)17(18)14(2)19-12-6-4-5-7-13-19/h8-11,14,17H,3-7,12-13,18H2,1-2H3. The molecule has 1 heterocycles. The first-order valence-electron chi connectivity index (χ1n) is 7.81. The van der Waals surface area contributed by atoms with Gasteiger partial charge < -0.3 is 5.73 Å². The van der Waals surface area contributed by atoms with Gasteiger partial charge >= 0.3 is 0 Å². The summed E-state index contributed by atoms with van der Waals surface area (Å²) < 4.78 is 0. The first-order valence-corrected chi connectivity index (χ1v) is 7.81. The van der Waals surface area contributed by atoms with Crippen molar-refractivity contribution in [2.75, 3.05) is 13.1 Å². The van der Waals surface area contributed by atoms with Gasteiger partial charge in [-0.1, -0.05) is 44.0 Å². The number of hydrogen-bond acceptors (Lipinski definition) is 2. The molecule has 106 valence electrons. The number of nitrogens with two attached hydrogens (primary N) is 1. The van der Waals surface area contributed by atoms with Crippen molar-refractivity contribution in [1.29, 1.82) is 0 Å². The lowest BCUT2D eigenvalue weighted by atomic mass is 9.98. The molecule has 0 bridgehead atoms. The molecule has 1 aliphatic rings. The number of benzene rings is 1. The maximum absolute atomic E-state index is 6.47. The average Bonchev–Trinajstić information content (AvgIpc) is 2.75. The Morgan fingerprint density at radius 3 is 2.16 bits per heavy atom. The van der Waals surface area contributed by atoms with Crippen LogP contribution in [0, 0.1) is 0 Å². The molecule has 1 aliphatic heterocycles. The third-order valence-corrected chi connectivity index (χ3v) is 4.51. The SMILES string of the molecule is CCc1ccc(C(N)C(C)N2CCCCCC2)cc1. The summed E-state index contributed by atoms with van der Waals surface area (Å²) >= 11 is 0. The Labute approximate surface area is 118 Å². The van der Waals surface area contributed by atoms with Gasteiger partial charge in [0.15, 0.2) is 0 Å². The van der Waals surface area contributed by atoms with E-state index in [1.807, 2.05) is 0 Å². The maximum Gasteiger partial charge on any atom is 0.0450 e. The fourth-order valence-electron chi connectivity index (χ4n) is 2.98. The highest BCUT2D eigenvalue weighted by molar-refractivity contribution is 5.25. The van der Waals surface area contributed by atoms with Crippen LogP contribution >= 0.6 is 0 Å². The summed E-state index contributed by atoms with van der Waals surface area (Å²) in [4.78, 5) is 2.57. The van der Waals surface area contributed by atoms with E-state index in [2.05, 4.69) is 43.0 Å². The number of rotatable bonds is 4. The fourth-order valence-corrected chi connectivity index (χ4v) is 2.98. The van der Waals surface area contributed by atoms with Crippen LogP contribution in [0.1, 0.15) is 56.7 Å². The van der Waals surface area contributed by atoms with Crippen molar-refractivity contribution in [3.8, 4) is 0 Å². The molecule has 1 fully saturated rings. The van der Waals surface area contributed by atoms with E-state index < -0.39 is 0 Å². The molecular formula is C17H28N2. The second-order valence-corrected chi connectivity index (χ2v) is 5.81. The minimum Gasteiger partial charge on any atom is -0.323 e. The molecule has 0 aliphatic carbocycles. The second kappa shape index (κ2) is 7.06. The van der Waals surface area contributed by atoms with Crippen LogP contribution in [0.5, 0.6) is 0 Å². The molecule has 0 spiro atoms. The largest absolute Gasteiger partial charge is 0.323 e. The Morgan fingerprint density at radius 1 is 1.05 bits per heavy atom. The van der Waals surface area contributed by atoms with Gasteiger partial charge in [-0.25, -0.2) is 0 Å². The van der Waals surface area contributed by atoms with Crippen LogP contribution < -0.4 is 5.73 Å². The molecule has 1 aromatic carbocycles. The van der Waals surface area contributed by atoms with Crippen molar-refractivity contribution >= 4 is 0 Å². The van der Waals surface area contributed by atoms with E-state index in [0.717, 1.165) is 6.42 Å². The highest BCUT2D eigenvalue weighted by Gasteiger charge is 2.22. The predicted molar refractivity (Wildman–Crippen MR) is 82.3 cm³/mol. The van der Waals surface area contributed by atoms with E-state index in [4.69, 9.17) is 5.73 Å². The van der Waals surface area contributed by atoms with Gasteiger partial charge in [-0.05, 0) is 50.4 Å². The molecule has 0 saturated carbocycles. The normalized spacial score (nSPS) is 20.8. The van der Waals surface area contributed by atoms with Crippen molar-refractivity contribution in [2.45, 2.75) is 58.0 Å². The molecule has 2 unspecified atom stereocenters. The van der Waals surface area contributed by atoms with Gasteiger partial charge in [0, 0.05) is 12.1 Å². The van der Waals surface area contributed by atoms with Crippen LogP contribution in [-0.2, 0) is 6.42 Å². The molecule has 2 nitrogen and oxygen atoms in total. The Kier molecular flexibility index (Phi) is 5.41. The summed E-state index contributed by atoms with van der Waals surface area (Å²) in [5, 5.41) is 0. The predicted octanol–water partition coefficient (Wildman–Crippen LogP) is 3.51. The summed E-state index contributed by atoms with van der Waals surface area (Å²) in [6, 6.07) is 9.40. The highest BCUT2D eigenvalue weighted by Crippen LogP contribution is 2.22.